The molecular weight excluding hydrogens is 473 g/mol. The highest BCUT2D eigenvalue weighted by Gasteiger charge is 2.47. The van der Waals surface area contributed by atoms with Gasteiger partial charge in [0.05, 0.1) is 12.9 Å². The molecule has 0 aliphatic carbocycles. The van der Waals surface area contributed by atoms with Gasteiger partial charge >= 0.3 is 13.6 Å². The molecule has 2 aromatic heterocycles. The van der Waals surface area contributed by atoms with Crippen LogP contribution in [0.15, 0.2) is 6.33 Å². The number of aliphatic hydroxyl groups excluding tert-OH is 2. The van der Waals surface area contributed by atoms with Crippen LogP contribution in [-0.2, 0) is 23.6 Å². The number of nitrogens with two attached hydrogens (primary N) is 1. The molecule has 6 N–H and O–H groups in total. The molecule has 2 aromatic rings. The van der Waals surface area contributed by atoms with Gasteiger partial charge < -0.3 is 39.9 Å². The third-order valence-corrected chi connectivity index (χ3v) is 5.50. The van der Waals surface area contributed by atoms with Crippen molar-refractivity contribution in [2.75, 3.05) is 12.3 Å². The first-order valence-corrected chi connectivity index (χ1v) is 11.3. The van der Waals surface area contributed by atoms with Gasteiger partial charge in [-0.2, -0.15) is 9.97 Å². The molecule has 0 bridgehead atoms. The Morgan fingerprint density at radius 2 is 2.00 bits per heavy atom. The van der Waals surface area contributed by atoms with Crippen molar-refractivity contribution >= 4 is 42.1 Å². The van der Waals surface area contributed by atoms with E-state index >= 15 is 0 Å². The molecule has 3 rings (SSSR count). The van der Waals surface area contributed by atoms with Crippen LogP contribution in [0.2, 0.25) is 5.28 Å². The Balaban J connectivity index is 1.78. The molecule has 0 saturated carbocycles. The maximum atomic E-state index is 12.2. The lowest BCUT2D eigenvalue weighted by molar-refractivity contribution is -0.166. The number of imidazole rings is 1. The van der Waals surface area contributed by atoms with E-state index in [0.29, 0.717) is 0 Å². The smallest absolute Gasteiger partial charge is 0.365 e. The van der Waals surface area contributed by atoms with Crippen LogP contribution in [0.3, 0.4) is 0 Å². The number of carbonyl (C=O) groups is 1. The molecule has 5 atom stereocenters. The lowest BCUT2D eigenvalue weighted by Crippen LogP contribution is -2.38. The summed E-state index contributed by atoms with van der Waals surface area (Å²) in [5.41, 5.74) is 5.04. The molecule has 0 aromatic carbocycles. The molecule has 16 heteroatoms. The highest BCUT2D eigenvalue weighted by molar-refractivity contribution is 7.53. The first-order valence-electron chi connectivity index (χ1n) is 9.26. The van der Waals surface area contributed by atoms with Crippen LogP contribution in [0.4, 0.5) is 5.82 Å². The van der Waals surface area contributed by atoms with Crippen molar-refractivity contribution in [3.05, 3.63) is 11.6 Å². The summed E-state index contributed by atoms with van der Waals surface area (Å²) in [5.74, 6) is -3.53. The topological polar surface area (TPSA) is 212 Å². The van der Waals surface area contributed by atoms with Crippen LogP contribution in [0, 0.1) is 0 Å². The molecule has 1 saturated heterocycles. The molecule has 1 aliphatic heterocycles. The fourth-order valence-electron chi connectivity index (χ4n) is 3.03. The summed E-state index contributed by atoms with van der Waals surface area (Å²) < 4.78 is 28.7. The highest BCUT2D eigenvalue weighted by atomic mass is 35.5. The Morgan fingerprint density at radius 3 is 2.59 bits per heavy atom. The number of hydrogen-bond acceptors (Lipinski definition) is 11. The van der Waals surface area contributed by atoms with Gasteiger partial charge in [0.1, 0.15) is 29.4 Å². The second-order valence-corrected chi connectivity index (χ2v) is 10.0. The maximum absolute atomic E-state index is 12.2. The Hall–Kier alpha value is -1.90. The number of aromatic nitrogens is 4. The predicted molar refractivity (Wildman–Crippen MR) is 108 cm³/mol. The van der Waals surface area contributed by atoms with E-state index in [1.165, 1.54) is 31.7 Å². The third-order valence-electron chi connectivity index (χ3n) is 4.36. The van der Waals surface area contributed by atoms with Gasteiger partial charge in [0, 0.05) is 0 Å². The number of fused-ring (bicyclic) bond motifs is 1. The van der Waals surface area contributed by atoms with E-state index in [1.807, 2.05) is 0 Å². The number of hydrogen-bond donors (Lipinski definition) is 5. The van der Waals surface area contributed by atoms with Gasteiger partial charge in [0.15, 0.2) is 17.7 Å². The van der Waals surface area contributed by atoms with Crippen LogP contribution < -0.4 is 5.73 Å². The molecule has 1 aliphatic rings. The fourth-order valence-corrected chi connectivity index (χ4v) is 3.81. The monoisotopic (exact) mass is 495 g/mol. The lowest BCUT2D eigenvalue weighted by atomic mass is 10.1. The third kappa shape index (κ3) is 5.18. The first-order chi connectivity index (χ1) is 14.7. The zero-order valence-electron chi connectivity index (χ0n) is 17.2. The Bertz CT molecular complexity index is 1050. The lowest BCUT2D eigenvalue weighted by Gasteiger charge is -2.25. The predicted octanol–water partition coefficient (Wildman–Crippen LogP) is -0.457. The Morgan fingerprint density at radius 1 is 1.34 bits per heavy atom. The van der Waals surface area contributed by atoms with Crippen molar-refractivity contribution in [3.63, 3.8) is 0 Å². The second-order valence-electron chi connectivity index (χ2n) is 8.06. The number of halogens is 1. The minimum Gasteiger partial charge on any atom is -0.458 e. The largest absolute Gasteiger partial charge is 0.458 e. The average molecular weight is 496 g/mol. The van der Waals surface area contributed by atoms with Gasteiger partial charge in [0.25, 0.3) is 5.85 Å². The SMILES string of the molecule is CC(C)(C)OC(=O)[C@@H](OC[C@H]1O[C@@H](n2cnc3c(N)nc(Cl)nc32)[C@H](O)[C@@H]1O)P(=O)(O)O. The molecule has 0 radical (unpaired) electrons. The van der Waals surface area contributed by atoms with E-state index in [1.54, 1.807) is 0 Å². The average Bonchev–Trinajstić information content (AvgIpc) is 3.15. The van der Waals surface area contributed by atoms with E-state index in [9.17, 15) is 29.4 Å². The molecule has 0 amide bonds. The van der Waals surface area contributed by atoms with E-state index in [-0.39, 0.29) is 22.3 Å². The van der Waals surface area contributed by atoms with Crippen LogP contribution >= 0.6 is 19.2 Å². The number of carbonyl (C=O) groups excluding carboxylic acids is 1. The standard InChI is InChI=1S/C16H23ClN5O9P/c1-16(2,3)31-13(25)14(32(26,27)28)29-4-6-8(23)9(24)12(30-6)22-5-19-7-10(18)20-15(17)21-11(7)22/h5-6,8-9,12,14,23-24H,4H2,1-3H3,(H2,18,20,21)(H2,26,27,28)/t6-,8-,9-,12-,14+/m1/s1. The maximum Gasteiger partial charge on any atom is 0.365 e. The zero-order valence-corrected chi connectivity index (χ0v) is 18.8. The number of rotatable bonds is 6. The minimum absolute atomic E-state index is 0.00600. The molecule has 3 heterocycles. The number of anilines is 1. The first kappa shape index (κ1) is 24.7. The molecule has 14 nitrogen and oxygen atoms in total. The van der Waals surface area contributed by atoms with Crippen molar-refractivity contribution in [2.24, 2.45) is 0 Å². The summed E-state index contributed by atoms with van der Waals surface area (Å²) >= 11 is 5.82. The summed E-state index contributed by atoms with van der Waals surface area (Å²) in [5, 5.41) is 20.6. The summed E-state index contributed by atoms with van der Waals surface area (Å²) in [4.78, 5) is 43.0. The van der Waals surface area contributed by atoms with Crippen molar-refractivity contribution in [1.29, 1.82) is 0 Å². The van der Waals surface area contributed by atoms with E-state index < -0.39 is 56.2 Å². The second kappa shape index (κ2) is 8.80. The van der Waals surface area contributed by atoms with Crippen molar-refractivity contribution in [1.82, 2.24) is 19.5 Å². The van der Waals surface area contributed by atoms with Gasteiger partial charge in [-0.15, -0.1) is 0 Å². The molecule has 178 valence electrons. The quantitative estimate of drug-likeness (QED) is 0.195. The van der Waals surface area contributed by atoms with Crippen molar-refractivity contribution < 1.29 is 43.6 Å². The summed E-state index contributed by atoms with van der Waals surface area (Å²) in [6, 6.07) is 0. The van der Waals surface area contributed by atoms with E-state index in [2.05, 4.69) is 15.0 Å². The summed E-state index contributed by atoms with van der Waals surface area (Å²) in [6.07, 6.45) is -4.29. The van der Waals surface area contributed by atoms with Gasteiger partial charge in [-0.25, -0.2) is 9.78 Å². The number of esters is 1. The molecule has 32 heavy (non-hydrogen) atoms. The molecular formula is C16H23ClN5O9P. The highest BCUT2D eigenvalue weighted by Crippen LogP contribution is 2.43. The Labute approximate surface area is 186 Å². The van der Waals surface area contributed by atoms with Crippen LogP contribution in [0.25, 0.3) is 11.2 Å². The minimum atomic E-state index is -5.07. The number of nitrogen functional groups attached to an aromatic ring is 1. The van der Waals surface area contributed by atoms with Crippen LogP contribution in [-0.4, -0.2) is 81.9 Å². The van der Waals surface area contributed by atoms with Gasteiger partial charge in [-0.3, -0.25) is 9.13 Å². The molecule has 0 unspecified atom stereocenters. The molecule has 0 spiro atoms. The number of nitrogens with zero attached hydrogens (tertiary/aromatic N) is 4. The Kier molecular flexibility index (Phi) is 6.80. The van der Waals surface area contributed by atoms with Gasteiger partial charge in [0.2, 0.25) is 5.28 Å². The number of aliphatic hydroxyl groups is 2. The number of ether oxygens (including phenoxy) is 3. The molecule has 1 fully saturated rings. The van der Waals surface area contributed by atoms with E-state index in [0.717, 1.165) is 0 Å². The van der Waals surface area contributed by atoms with Gasteiger partial charge in [-0.1, -0.05) is 0 Å². The van der Waals surface area contributed by atoms with Crippen LogP contribution in [0.5, 0.6) is 0 Å². The van der Waals surface area contributed by atoms with Crippen molar-refractivity contribution in [2.45, 2.75) is 56.8 Å². The summed E-state index contributed by atoms with van der Waals surface area (Å²) in [6.45, 7) is 3.91. The van der Waals surface area contributed by atoms with E-state index in [4.69, 9.17) is 31.5 Å². The van der Waals surface area contributed by atoms with Crippen LogP contribution in [0.1, 0.15) is 27.0 Å². The summed E-state index contributed by atoms with van der Waals surface area (Å²) in [7, 11) is -5.07. The van der Waals surface area contributed by atoms with Crippen molar-refractivity contribution in [3.8, 4) is 0 Å². The van der Waals surface area contributed by atoms with Gasteiger partial charge in [-0.05, 0) is 32.4 Å². The normalized spacial score (nSPS) is 25.2. The zero-order chi connectivity index (χ0) is 24.0. The fraction of sp³-hybridized carbons (Fsp3) is 0.625.